The summed E-state index contributed by atoms with van der Waals surface area (Å²) in [5.74, 6) is -9.05. The molecule has 0 bridgehead atoms. The summed E-state index contributed by atoms with van der Waals surface area (Å²) in [4.78, 5) is 37.9. The van der Waals surface area contributed by atoms with E-state index in [1.54, 1.807) is 31.3 Å². The number of halogens is 7. The van der Waals surface area contributed by atoms with Crippen molar-refractivity contribution >= 4 is 65.6 Å². The van der Waals surface area contributed by atoms with E-state index in [1.807, 2.05) is 4.90 Å². The van der Waals surface area contributed by atoms with Crippen molar-refractivity contribution in [3.8, 4) is 11.1 Å². The maximum atomic E-state index is 16.0. The number of carbonyl (C=O) groups excluding carboxylic acids is 2. The molecule has 352 valence electrons. The third kappa shape index (κ3) is 9.33. The van der Waals surface area contributed by atoms with Gasteiger partial charge in [-0.15, -0.1) is 0 Å². The van der Waals surface area contributed by atoms with Crippen LogP contribution in [0.25, 0.3) is 32.4 Å². The van der Waals surface area contributed by atoms with E-state index in [9.17, 15) is 40.0 Å². The molecule has 2 aromatic carbocycles. The number of sulfonamides is 1. The van der Waals surface area contributed by atoms with Crippen LogP contribution in [0.15, 0.2) is 48.5 Å². The number of benzene rings is 2. The first-order valence-electron chi connectivity index (χ1n) is 20.6. The highest BCUT2D eigenvalue weighted by atomic mass is 32.2. The number of aromatic nitrogens is 6. The van der Waals surface area contributed by atoms with Crippen molar-refractivity contribution in [3.63, 3.8) is 0 Å². The first-order valence-corrected chi connectivity index (χ1v) is 23.4. The van der Waals surface area contributed by atoms with Gasteiger partial charge in [-0.2, -0.15) is 37.1 Å². The fraction of sp³-hybridized carbons (Fsp3) is 0.429. The molecule has 8 rings (SSSR count). The van der Waals surface area contributed by atoms with Gasteiger partial charge in [0.05, 0.1) is 34.8 Å². The van der Waals surface area contributed by atoms with Gasteiger partial charge in [0.25, 0.3) is 5.92 Å². The Morgan fingerprint density at radius 3 is 2.30 bits per heavy atom. The molecule has 4 aromatic heterocycles. The number of pyridine rings is 1. The zero-order valence-corrected chi connectivity index (χ0v) is 37.6. The van der Waals surface area contributed by atoms with Crippen LogP contribution in [0.2, 0.25) is 0 Å². The Morgan fingerprint density at radius 2 is 1.68 bits per heavy atom. The summed E-state index contributed by atoms with van der Waals surface area (Å²) in [6, 6.07) is 8.15. The van der Waals surface area contributed by atoms with E-state index in [0.29, 0.717) is 75.1 Å². The molecule has 3 N–H and O–H groups in total. The summed E-state index contributed by atoms with van der Waals surface area (Å²) in [6.07, 6.45) is -4.06. The fourth-order valence-electron chi connectivity index (χ4n) is 8.33. The summed E-state index contributed by atoms with van der Waals surface area (Å²) in [7, 11) is -2.25. The maximum absolute atomic E-state index is 16.0. The van der Waals surface area contributed by atoms with Crippen LogP contribution < -0.4 is 20.3 Å². The zero-order valence-electron chi connectivity index (χ0n) is 35.9. The number of fused-ring (bicyclic) bond motifs is 2. The Hall–Kier alpha value is -6.04. The monoisotopic (exact) mass is 964 g/mol. The Balaban J connectivity index is 1.27. The molecular formula is C42H43F7N10O5S2. The number of aryl methyl sites for hydroxylation is 1. The van der Waals surface area contributed by atoms with Gasteiger partial charge in [0.1, 0.15) is 29.5 Å². The molecular weight excluding hydrogens is 922 g/mol. The van der Waals surface area contributed by atoms with Gasteiger partial charge >= 0.3 is 12.3 Å². The van der Waals surface area contributed by atoms with Gasteiger partial charge in [-0.1, -0.05) is 44.2 Å². The average molecular weight is 965 g/mol. The first-order chi connectivity index (χ1) is 30.9. The van der Waals surface area contributed by atoms with Gasteiger partial charge in [0, 0.05) is 61.5 Å². The third-order valence-electron chi connectivity index (χ3n) is 12.0. The lowest BCUT2D eigenvalue weighted by atomic mass is 9.89. The number of amides is 2. The van der Waals surface area contributed by atoms with Crippen LogP contribution in [-0.4, -0.2) is 81.4 Å². The minimum atomic E-state index is -5.14. The van der Waals surface area contributed by atoms with Crippen molar-refractivity contribution in [3.05, 3.63) is 82.8 Å². The van der Waals surface area contributed by atoms with Crippen LogP contribution in [-0.2, 0) is 51.7 Å². The first kappa shape index (κ1) is 46.5. The van der Waals surface area contributed by atoms with Gasteiger partial charge < -0.3 is 20.3 Å². The minimum absolute atomic E-state index is 0.00421. The summed E-state index contributed by atoms with van der Waals surface area (Å²) < 4.78 is 138. The number of thiazole rings is 1. The number of alkyl halides is 5. The lowest BCUT2D eigenvalue weighted by molar-refractivity contribution is -0.141. The Morgan fingerprint density at radius 1 is 0.985 bits per heavy atom. The second-order valence-electron chi connectivity index (χ2n) is 17.0. The molecule has 1 spiro atoms. The van der Waals surface area contributed by atoms with Crippen LogP contribution in [0.5, 0.6) is 0 Å². The number of anilines is 2. The maximum Gasteiger partial charge on any atom is 0.435 e. The van der Waals surface area contributed by atoms with Crippen molar-refractivity contribution in [2.24, 2.45) is 18.9 Å². The van der Waals surface area contributed by atoms with Crippen LogP contribution in [0, 0.1) is 23.5 Å². The van der Waals surface area contributed by atoms with E-state index >= 15 is 8.78 Å². The number of ether oxygens (including phenoxy) is 1. The van der Waals surface area contributed by atoms with E-state index in [0.717, 1.165) is 18.4 Å². The largest absolute Gasteiger partial charge is 0.441 e. The minimum Gasteiger partial charge on any atom is -0.441 e. The van der Waals surface area contributed by atoms with Crippen molar-refractivity contribution in [2.75, 3.05) is 35.5 Å². The molecule has 6 heterocycles. The number of alkyl carbamates (subject to hydrolysis) is 1. The smallest absolute Gasteiger partial charge is 0.435 e. The highest BCUT2D eigenvalue weighted by Gasteiger charge is 2.47. The van der Waals surface area contributed by atoms with E-state index in [1.165, 1.54) is 36.8 Å². The molecule has 15 nitrogen and oxygen atoms in total. The Labute approximate surface area is 376 Å². The summed E-state index contributed by atoms with van der Waals surface area (Å²) in [5, 5.41) is 14.1. The predicted molar refractivity (Wildman–Crippen MR) is 230 cm³/mol. The molecule has 2 fully saturated rings. The zero-order chi connectivity index (χ0) is 47.7. The number of hydrogen-bond acceptors (Lipinski definition) is 11. The molecule has 2 amide bonds. The molecule has 2 aliphatic rings. The number of rotatable bonds is 13. The molecule has 0 radical (unpaired) electrons. The molecule has 2 saturated heterocycles. The summed E-state index contributed by atoms with van der Waals surface area (Å²) in [6.45, 7) is 4.29. The number of carbonyl (C=O) groups is 2. The standard InChI is InChI=1S/C42H43F7N10O5S2/c1-21(2)22(3)41(45,46)32-18-31(42(47,48)49)54-59(32)19-33(60)51-29(15-23-13-24(43)16-25(44)14-23)34-28(26-7-6-8-27-35(26)57(4)55-36(27)56-66(5,62)63)17-30-37(52-34)53-38(65-30)58-11-9-40(10-12-58)20-50-39(61)64-40/h6-8,13-14,16-18,21-22,29H,9-12,15,19-20H2,1-5H3,(H,50,61)(H,51,60)(H,55,56)/t22-,29+/m1/s1. The van der Waals surface area contributed by atoms with E-state index in [2.05, 4.69) is 25.6 Å². The van der Waals surface area contributed by atoms with E-state index < -0.39 is 87.2 Å². The number of nitrogens with zero attached hydrogens (tertiary/aromatic N) is 7. The van der Waals surface area contributed by atoms with Gasteiger partial charge in [0.15, 0.2) is 22.3 Å². The van der Waals surface area contributed by atoms with E-state index in [4.69, 9.17) is 14.7 Å². The van der Waals surface area contributed by atoms with Gasteiger partial charge in [0.2, 0.25) is 15.9 Å². The van der Waals surface area contributed by atoms with Gasteiger partial charge in [-0.3, -0.25) is 18.9 Å². The second-order valence-corrected chi connectivity index (χ2v) is 19.8. The molecule has 0 unspecified atom stereocenters. The summed E-state index contributed by atoms with van der Waals surface area (Å²) >= 11 is 1.28. The third-order valence-corrected chi connectivity index (χ3v) is 13.6. The normalized spacial score (nSPS) is 16.6. The number of hydrogen-bond donors (Lipinski definition) is 3. The Bertz CT molecular complexity index is 2960. The van der Waals surface area contributed by atoms with Crippen LogP contribution in [0.1, 0.15) is 62.3 Å². The molecule has 6 aromatic rings. The van der Waals surface area contributed by atoms with Crippen LogP contribution in [0.4, 0.5) is 46.5 Å². The Kier molecular flexibility index (Phi) is 12.0. The molecule has 2 atom stereocenters. The van der Waals surface area contributed by atoms with Crippen LogP contribution in [0.3, 0.4) is 0 Å². The molecule has 0 aliphatic carbocycles. The quantitative estimate of drug-likeness (QED) is 0.0974. The average Bonchev–Trinajstić information content (AvgIpc) is 4.00. The summed E-state index contributed by atoms with van der Waals surface area (Å²) in [5.41, 5.74) is -2.11. The van der Waals surface area contributed by atoms with Gasteiger partial charge in [-0.25, -0.2) is 27.0 Å². The number of para-hydroxylation sites is 1. The highest BCUT2D eigenvalue weighted by Crippen LogP contribution is 2.43. The molecule has 66 heavy (non-hydrogen) atoms. The molecule has 2 aliphatic heterocycles. The number of nitrogens with one attached hydrogen (secondary N) is 3. The SMILES string of the molecule is CC(C)[C@@H](C)C(F)(F)c1cc(C(F)(F)F)nn1CC(=O)N[C@@H](Cc1cc(F)cc(F)c1)c1nc2nc(N3CCC4(CC3)CNC(=O)O4)sc2cc1-c1cccc2c(NS(C)(=O)=O)nn(C)c12. The van der Waals surface area contributed by atoms with Crippen molar-refractivity contribution in [2.45, 2.75) is 70.3 Å². The van der Waals surface area contributed by atoms with Gasteiger partial charge in [-0.05, 0) is 48.2 Å². The predicted octanol–water partition coefficient (Wildman–Crippen LogP) is 7.67. The van der Waals surface area contributed by atoms with Crippen molar-refractivity contribution < 1.29 is 53.5 Å². The topological polar surface area (TPSA) is 178 Å². The van der Waals surface area contributed by atoms with Crippen molar-refractivity contribution in [1.29, 1.82) is 0 Å². The molecule has 0 saturated carbocycles. The van der Waals surface area contributed by atoms with Crippen LogP contribution >= 0.6 is 11.3 Å². The highest BCUT2D eigenvalue weighted by molar-refractivity contribution is 7.92. The van der Waals surface area contributed by atoms with E-state index in [-0.39, 0.29) is 35.2 Å². The lowest BCUT2D eigenvalue weighted by Gasteiger charge is -2.36. The molecule has 24 heteroatoms. The number of piperidine rings is 1. The van der Waals surface area contributed by atoms with Crippen molar-refractivity contribution in [1.82, 2.24) is 40.2 Å². The lowest BCUT2D eigenvalue weighted by Crippen LogP contribution is -2.46. The fourth-order valence-corrected chi connectivity index (χ4v) is 9.83. The second kappa shape index (κ2) is 17.0.